The summed E-state index contributed by atoms with van der Waals surface area (Å²) in [6.07, 6.45) is 1.08. The van der Waals surface area contributed by atoms with Crippen LogP contribution in [0.4, 0.5) is 5.69 Å². The van der Waals surface area contributed by atoms with E-state index in [2.05, 4.69) is 10.6 Å². The summed E-state index contributed by atoms with van der Waals surface area (Å²) in [7, 11) is 1.53. The Bertz CT molecular complexity index is 969. The average Bonchev–Trinajstić information content (AvgIpc) is 2.86. The van der Waals surface area contributed by atoms with Gasteiger partial charge in [0.2, 0.25) is 5.91 Å². The topological polar surface area (TPSA) is 114 Å². The molecule has 2 N–H and O–H groups in total. The maximum Gasteiger partial charge on any atom is 0.325 e. The number of carbonyl (C=O) groups is 4. The van der Waals surface area contributed by atoms with Crippen LogP contribution in [-0.2, 0) is 19.1 Å². The molecule has 0 bridgehead atoms. The highest BCUT2D eigenvalue weighted by Gasteiger charge is 2.27. The number of piperidine rings is 1. The Morgan fingerprint density at radius 1 is 0.970 bits per heavy atom. The standard InChI is InChI=1S/C24H27N3O6/c1-32-20-9-7-17(8-10-20)23(30)25-15-22(29)33-16-21(28)27-13-11-18(12-14-27)24(31)26-19-5-3-2-4-6-19/h2-10,18H,11-16H2,1H3,(H,25,30)(H,26,31). The van der Waals surface area contributed by atoms with Crippen LogP contribution in [0, 0.1) is 5.92 Å². The van der Waals surface area contributed by atoms with E-state index in [1.54, 1.807) is 29.2 Å². The number of nitrogens with zero attached hydrogens (tertiary/aromatic N) is 1. The summed E-state index contributed by atoms with van der Waals surface area (Å²) < 4.78 is 10.0. The molecule has 2 aromatic carbocycles. The van der Waals surface area contributed by atoms with Gasteiger partial charge in [0.25, 0.3) is 11.8 Å². The summed E-state index contributed by atoms with van der Waals surface area (Å²) in [5.41, 5.74) is 1.12. The Labute approximate surface area is 192 Å². The molecule has 33 heavy (non-hydrogen) atoms. The van der Waals surface area contributed by atoms with Gasteiger partial charge in [-0.15, -0.1) is 0 Å². The molecule has 1 aliphatic rings. The highest BCUT2D eigenvalue weighted by atomic mass is 16.5. The molecule has 0 saturated carbocycles. The molecule has 0 radical (unpaired) electrons. The predicted octanol–water partition coefficient (Wildman–Crippen LogP) is 1.85. The van der Waals surface area contributed by atoms with E-state index >= 15 is 0 Å². The highest BCUT2D eigenvalue weighted by Crippen LogP contribution is 2.19. The van der Waals surface area contributed by atoms with E-state index < -0.39 is 18.5 Å². The minimum atomic E-state index is -0.706. The molecule has 1 aliphatic heterocycles. The zero-order valence-corrected chi connectivity index (χ0v) is 18.4. The normalized spacial score (nSPS) is 13.7. The number of likely N-dealkylation sites (tertiary alicyclic amines) is 1. The number of carbonyl (C=O) groups excluding carboxylic acids is 4. The Balaban J connectivity index is 1.34. The van der Waals surface area contributed by atoms with Gasteiger partial charge in [0.1, 0.15) is 12.3 Å². The molecular weight excluding hydrogens is 426 g/mol. The number of anilines is 1. The molecule has 174 valence electrons. The van der Waals surface area contributed by atoms with E-state index in [1.165, 1.54) is 7.11 Å². The molecule has 2 aromatic rings. The molecule has 0 atom stereocenters. The Morgan fingerprint density at radius 3 is 2.27 bits per heavy atom. The number of hydrogen-bond acceptors (Lipinski definition) is 6. The molecule has 0 aliphatic carbocycles. The quantitative estimate of drug-likeness (QED) is 0.590. The summed E-state index contributed by atoms with van der Waals surface area (Å²) >= 11 is 0. The molecule has 3 rings (SSSR count). The van der Waals surface area contributed by atoms with Gasteiger partial charge in [-0.3, -0.25) is 19.2 Å². The van der Waals surface area contributed by atoms with Crippen LogP contribution < -0.4 is 15.4 Å². The highest BCUT2D eigenvalue weighted by molar-refractivity contribution is 5.96. The lowest BCUT2D eigenvalue weighted by Crippen LogP contribution is -2.43. The number of rotatable bonds is 8. The third-order valence-electron chi connectivity index (χ3n) is 5.36. The van der Waals surface area contributed by atoms with Crippen molar-refractivity contribution in [2.75, 3.05) is 38.7 Å². The number of nitrogens with one attached hydrogen (secondary N) is 2. The van der Waals surface area contributed by atoms with Crippen molar-refractivity contribution >= 4 is 29.4 Å². The Kier molecular flexibility index (Phi) is 8.40. The van der Waals surface area contributed by atoms with Crippen molar-refractivity contribution in [2.45, 2.75) is 12.8 Å². The van der Waals surface area contributed by atoms with Gasteiger partial charge in [0.05, 0.1) is 7.11 Å². The van der Waals surface area contributed by atoms with Gasteiger partial charge < -0.3 is 25.0 Å². The van der Waals surface area contributed by atoms with Gasteiger partial charge in [0.15, 0.2) is 6.61 Å². The second-order valence-electron chi connectivity index (χ2n) is 7.58. The van der Waals surface area contributed by atoms with Crippen LogP contribution in [0.1, 0.15) is 23.2 Å². The monoisotopic (exact) mass is 453 g/mol. The first-order valence-corrected chi connectivity index (χ1v) is 10.7. The number of hydrogen-bond donors (Lipinski definition) is 2. The van der Waals surface area contributed by atoms with Crippen LogP contribution in [0.2, 0.25) is 0 Å². The fraction of sp³-hybridized carbons (Fsp3) is 0.333. The van der Waals surface area contributed by atoms with E-state index in [0.717, 1.165) is 5.69 Å². The van der Waals surface area contributed by atoms with Crippen LogP contribution in [0.3, 0.4) is 0 Å². The first kappa shape index (κ1) is 23.8. The van der Waals surface area contributed by atoms with Crippen LogP contribution in [0.5, 0.6) is 5.75 Å². The molecule has 3 amide bonds. The summed E-state index contributed by atoms with van der Waals surface area (Å²) in [5.74, 6) is -1.09. The number of ether oxygens (including phenoxy) is 2. The van der Waals surface area contributed by atoms with Gasteiger partial charge in [-0.05, 0) is 49.2 Å². The molecule has 1 heterocycles. The fourth-order valence-electron chi connectivity index (χ4n) is 3.44. The van der Waals surface area contributed by atoms with Crippen molar-refractivity contribution in [2.24, 2.45) is 5.92 Å². The SMILES string of the molecule is COc1ccc(C(=O)NCC(=O)OCC(=O)N2CCC(C(=O)Nc3ccccc3)CC2)cc1. The smallest absolute Gasteiger partial charge is 0.325 e. The van der Waals surface area contributed by atoms with E-state index in [9.17, 15) is 19.2 Å². The maximum absolute atomic E-state index is 12.4. The summed E-state index contributed by atoms with van der Waals surface area (Å²) in [6.45, 7) is 0.0763. The van der Waals surface area contributed by atoms with Crippen molar-refractivity contribution in [3.05, 3.63) is 60.2 Å². The largest absolute Gasteiger partial charge is 0.497 e. The van der Waals surface area contributed by atoms with Gasteiger partial charge >= 0.3 is 5.97 Å². The van der Waals surface area contributed by atoms with Crippen LogP contribution in [-0.4, -0.2) is 61.9 Å². The number of esters is 1. The lowest BCUT2D eigenvalue weighted by atomic mass is 9.95. The minimum Gasteiger partial charge on any atom is -0.497 e. The molecular formula is C24H27N3O6. The van der Waals surface area contributed by atoms with Crippen LogP contribution >= 0.6 is 0 Å². The van der Waals surface area contributed by atoms with E-state index in [4.69, 9.17) is 9.47 Å². The van der Waals surface area contributed by atoms with E-state index in [0.29, 0.717) is 37.2 Å². The number of para-hydroxylation sites is 1. The first-order chi connectivity index (χ1) is 16.0. The van der Waals surface area contributed by atoms with E-state index in [1.807, 2.05) is 30.3 Å². The van der Waals surface area contributed by atoms with Gasteiger partial charge in [-0.25, -0.2) is 0 Å². The molecule has 0 spiro atoms. The third kappa shape index (κ3) is 7.06. The minimum absolute atomic E-state index is 0.0627. The van der Waals surface area contributed by atoms with E-state index in [-0.39, 0.29) is 24.3 Å². The zero-order valence-electron chi connectivity index (χ0n) is 18.4. The molecule has 9 nitrogen and oxygen atoms in total. The average molecular weight is 453 g/mol. The number of benzene rings is 2. The van der Waals surface area contributed by atoms with Gasteiger partial charge in [-0.2, -0.15) is 0 Å². The fourth-order valence-corrected chi connectivity index (χ4v) is 3.44. The lowest BCUT2D eigenvalue weighted by molar-refractivity contribution is -0.151. The number of amides is 3. The summed E-state index contributed by atoms with van der Waals surface area (Å²) in [5, 5.41) is 5.34. The van der Waals surface area contributed by atoms with Crippen molar-refractivity contribution in [3.8, 4) is 5.75 Å². The van der Waals surface area contributed by atoms with Gasteiger partial charge in [0, 0.05) is 30.3 Å². The Hall–Kier alpha value is -3.88. The van der Waals surface area contributed by atoms with Crippen LogP contribution in [0.15, 0.2) is 54.6 Å². The number of methoxy groups -OCH3 is 1. The van der Waals surface area contributed by atoms with Crippen molar-refractivity contribution in [1.29, 1.82) is 0 Å². The zero-order chi connectivity index (χ0) is 23.6. The summed E-state index contributed by atoms with van der Waals surface area (Å²) in [6, 6.07) is 15.7. The van der Waals surface area contributed by atoms with Crippen LogP contribution in [0.25, 0.3) is 0 Å². The maximum atomic E-state index is 12.4. The molecule has 1 saturated heterocycles. The molecule has 1 fully saturated rings. The first-order valence-electron chi connectivity index (χ1n) is 10.7. The third-order valence-corrected chi connectivity index (χ3v) is 5.36. The second kappa shape index (κ2) is 11.7. The van der Waals surface area contributed by atoms with Crippen molar-refractivity contribution < 1.29 is 28.7 Å². The molecule has 0 aromatic heterocycles. The second-order valence-corrected chi connectivity index (χ2v) is 7.58. The van der Waals surface area contributed by atoms with Crippen molar-refractivity contribution in [1.82, 2.24) is 10.2 Å². The van der Waals surface area contributed by atoms with Crippen molar-refractivity contribution in [3.63, 3.8) is 0 Å². The molecule has 0 unspecified atom stereocenters. The summed E-state index contributed by atoms with van der Waals surface area (Å²) in [4.78, 5) is 50.3. The Morgan fingerprint density at radius 2 is 1.64 bits per heavy atom. The lowest BCUT2D eigenvalue weighted by Gasteiger charge is -2.31. The predicted molar refractivity (Wildman–Crippen MR) is 121 cm³/mol. The molecule has 9 heteroatoms. The van der Waals surface area contributed by atoms with Gasteiger partial charge in [-0.1, -0.05) is 18.2 Å².